The molecule has 2 aliphatic heterocycles. The number of fused-ring (bicyclic) bond motifs is 1. The molecule has 1 N–H and O–H groups in total. The molecule has 0 aromatic carbocycles. The first-order chi connectivity index (χ1) is 14.6. The number of aromatic nitrogens is 3. The summed E-state index contributed by atoms with van der Waals surface area (Å²) < 4.78 is 0. The Hall–Kier alpha value is -3.03. The Bertz CT molecular complexity index is 980. The molecule has 0 saturated carbocycles. The van der Waals surface area contributed by atoms with Gasteiger partial charge in [0.05, 0.1) is 23.4 Å². The Morgan fingerprint density at radius 1 is 1.20 bits per heavy atom. The van der Waals surface area contributed by atoms with Crippen molar-refractivity contribution in [2.45, 2.75) is 51.5 Å². The van der Waals surface area contributed by atoms with Gasteiger partial charge < -0.3 is 14.8 Å². The van der Waals surface area contributed by atoms with Crippen LogP contribution in [0.2, 0.25) is 0 Å². The number of nitrogens with one attached hydrogen (secondary N) is 1. The van der Waals surface area contributed by atoms with Crippen molar-refractivity contribution in [1.82, 2.24) is 24.8 Å². The van der Waals surface area contributed by atoms with E-state index in [2.05, 4.69) is 9.97 Å². The zero-order valence-corrected chi connectivity index (χ0v) is 17.3. The molecule has 0 atom stereocenters. The molecule has 2 aromatic heterocycles. The molecule has 0 aliphatic carbocycles. The number of rotatable bonds is 4. The highest BCUT2D eigenvalue weighted by Gasteiger charge is 2.29. The van der Waals surface area contributed by atoms with E-state index in [0.717, 1.165) is 25.0 Å². The standard InChI is InChI=1S/C22H27N5O3/c1-2-4-19(28)26-10-6-15(7-11-26)20-24-18-8-12-27(14-17(18)21(29)25-20)22(30)16-5-3-9-23-13-16/h3,5,9,13,15H,2,4,6-8,10-12,14H2,1H3,(H,24,25,29). The van der Waals surface area contributed by atoms with Crippen molar-refractivity contribution in [2.24, 2.45) is 0 Å². The number of aromatic amines is 1. The van der Waals surface area contributed by atoms with E-state index in [4.69, 9.17) is 4.98 Å². The minimum Gasteiger partial charge on any atom is -0.343 e. The van der Waals surface area contributed by atoms with Gasteiger partial charge in [0.2, 0.25) is 5.91 Å². The van der Waals surface area contributed by atoms with E-state index in [1.54, 1.807) is 29.4 Å². The van der Waals surface area contributed by atoms with Crippen LogP contribution in [0.15, 0.2) is 29.3 Å². The highest BCUT2D eigenvalue weighted by molar-refractivity contribution is 5.94. The normalized spacial score (nSPS) is 17.0. The quantitative estimate of drug-likeness (QED) is 0.831. The molecule has 4 rings (SSSR count). The van der Waals surface area contributed by atoms with Gasteiger partial charge >= 0.3 is 0 Å². The molecule has 8 nitrogen and oxygen atoms in total. The van der Waals surface area contributed by atoms with E-state index in [0.29, 0.717) is 49.4 Å². The molecular formula is C22H27N5O3. The molecule has 158 valence electrons. The van der Waals surface area contributed by atoms with Crippen LogP contribution < -0.4 is 5.56 Å². The Balaban J connectivity index is 1.46. The summed E-state index contributed by atoms with van der Waals surface area (Å²) in [5.74, 6) is 0.958. The predicted molar refractivity (Wildman–Crippen MR) is 111 cm³/mol. The van der Waals surface area contributed by atoms with E-state index in [9.17, 15) is 14.4 Å². The Labute approximate surface area is 175 Å². The topological polar surface area (TPSA) is 99.3 Å². The van der Waals surface area contributed by atoms with Crippen molar-refractivity contribution in [3.05, 3.63) is 57.5 Å². The van der Waals surface area contributed by atoms with E-state index in [1.807, 2.05) is 11.8 Å². The largest absolute Gasteiger partial charge is 0.343 e. The van der Waals surface area contributed by atoms with E-state index in [1.165, 1.54) is 0 Å². The van der Waals surface area contributed by atoms with E-state index >= 15 is 0 Å². The molecule has 2 aromatic rings. The van der Waals surface area contributed by atoms with Gasteiger partial charge in [-0.05, 0) is 31.4 Å². The Morgan fingerprint density at radius 3 is 2.70 bits per heavy atom. The molecule has 8 heteroatoms. The van der Waals surface area contributed by atoms with Crippen molar-refractivity contribution in [3.8, 4) is 0 Å². The molecular weight excluding hydrogens is 382 g/mol. The average molecular weight is 409 g/mol. The Morgan fingerprint density at radius 2 is 2.00 bits per heavy atom. The summed E-state index contributed by atoms with van der Waals surface area (Å²) in [6.45, 7) is 4.21. The zero-order valence-electron chi connectivity index (χ0n) is 17.3. The maximum absolute atomic E-state index is 12.8. The van der Waals surface area contributed by atoms with Gasteiger partial charge in [0.1, 0.15) is 5.82 Å². The van der Waals surface area contributed by atoms with Gasteiger partial charge in [-0.2, -0.15) is 0 Å². The summed E-state index contributed by atoms with van der Waals surface area (Å²) >= 11 is 0. The first-order valence-electron chi connectivity index (χ1n) is 10.7. The van der Waals surface area contributed by atoms with Crippen LogP contribution in [0.25, 0.3) is 0 Å². The summed E-state index contributed by atoms with van der Waals surface area (Å²) in [4.78, 5) is 52.9. The van der Waals surface area contributed by atoms with Gasteiger partial charge in [-0.3, -0.25) is 19.4 Å². The minimum absolute atomic E-state index is 0.124. The molecule has 0 spiro atoms. The number of likely N-dealkylation sites (tertiary alicyclic amines) is 1. The second-order valence-corrected chi connectivity index (χ2v) is 8.00. The highest BCUT2D eigenvalue weighted by atomic mass is 16.2. The number of amides is 2. The molecule has 2 aliphatic rings. The molecule has 0 unspecified atom stereocenters. The summed E-state index contributed by atoms with van der Waals surface area (Å²) in [5.41, 5.74) is 1.71. The van der Waals surface area contributed by atoms with Gasteiger partial charge in [0, 0.05) is 50.8 Å². The lowest BCUT2D eigenvalue weighted by Gasteiger charge is -2.32. The minimum atomic E-state index is -0.164. The van der Waals surface area contributed by atoms with Crippen molar-refractivity contribution in [3.63, 3.8) is 0 Å². The fourth-order valence-electron chi connectivity index (χ4n) is 4.26. The SMILES string of the molecule is CCCC(=O)N1CCC(c2nc3c(c(=O)[nH]2)CN(C(=O)c2cccnc2)CC3)CC1. The molecule has 2 amide bonds. The molecule has 0 bridgehead atoms. The monoisotopic (exact) mass is 409 g/mol. The van der Waals surface area contributed by atoms with Crippen LogP contribution in [0.5, 0.6) is 0 Å². The van der Waals surface area contributed by atoms with Crippen molar-refractivity contribution < 1.29 is 9.59 Å². The second-order valence-electron chi connectivity index (χ2n) is 8.00. The number of nitrogens with zero attached hydrogens (tertiary/aromatic N) is 4. The third-order valence-corrected chi connectivity index (χ3v) is 5.98. The number of hydrogen-bond donors (Lipinski definition) is 1. The lowest BCUT2D eigenvalue weighted by Crippen LogP contribution is -2.41. The molecule has 1 fully saturated rings. The van der Waals surface area contributed by atoms with Crippen LogP contribution in [0.1, 0.15) is 66.0 Å². The fraction of sp³-hybridized carbons (Fsp3) is 0.500. The number of carbonyl (C=O) groups is 2. The van der Waals surface area contributed by atoms with E-state index < -0.39 is 0 Å². The number of H-pyrrole nitrogens is 1. The van der Waals surface area contributed by atoms with Crippen LogP contribution in [0, 0.1) is 0 Å². The molecule has 30 heavy (non-hydrogen) atoms. The second kappa shape index (κ2) is 8.77. The van der Waals surface area contributed by atoms with Gasteiger partial charge in [0.15, 0.2) is 0 Å². The first-order valence-corrected chi connectivity index (χ1v) is 10.7. The zero-order chi connectivity index (χ0) is 21.1. The summed E-state index contributed by atoms with van der Waals surface area (Å²) in [5, 5.41) is 0. The number of piperidine rings is 1. The lowest BCUT2D eigenvalue weighted by atomic mass is 9.95. The van der Waals surface area contributed by atoms with Crippen molar-refractivity contribution in [2.75, 3.05) is 19.6 Å². The van der Waals surface area contributed by atoms with Gasteiger partial charge in [-0.25, -0.2) is 4.98 Å². The third kappa shape index (κ3) is 4.13. The number of pyridine rings is 1. The Kier molecular flexibility index (Phi) is 5.92. The predicted octanol–water partition coefficient (Wildman–Crippen LogP) is 1.87. The lowest BCUT2D eigenvalue weighted by molar-refractivity contribution is -0.132. The first kappa shape index (κ1) is 20.3. The summed E-state index contributed by atoms with van der Waals surface area (Å²) in [7, 11) is 0. The third-order valence-electron chi connectivity index (χ3n) is 5.98. The maximum Gasteiger partial charge on any atom is 0.256 e. The smallest absolute Gasteiger partial charge is 0.256 e. The highest BCUT2D eigenvalue weighted by Crippen LogP contribution is 2.27. The number of hydrogen-bond acceptors (Lipinski definition) is 5. The van der Waals surface area contributed by atoms with Gasteiger partial charge in [-0.15, -0.1) is 0 Å². The molecule has 0 radical (unpaired) electrons. The van der Waals surface area contributed by atoms with Crippen molar-refractivity contribution in [1.29, 1.82) is 0 Å². The fourth-order valence-corrected chi connectivity index (χ4v) is 4.26. The van der Waals surface area contributed by atoms with Crippen LogP contribution in [-0.2, 0) is 17.8 Å². The van der Waals surface area contributed by atoms with Gasteiger partial charge in [-0.1, -0.05) is 6.92 Å². The van der Waals surface area contributed by atoms with Crippen molar-refractivity contribution >= 4 is 11.8 Å². The summed E-state index contributed by atoms with van der Waals surface area (Å²) in [6, 6.07) is 3.46. The average Bonchev–Trinajstić information content (AvgIpc) is 2.79. The summed E-state index contributed by atoms with van der Waals surface area (Å²) in [6.07, 6.45) is 6.80. The van der Waals surface area contributed by atoms with E-state index in [-0.39, 0.29) is 29.8 Å². The van der Waals surface area contributed by atoms with Crippen LogP contribution in [0.3, 0.4) is 0 Å². The maximum atomic E-state index is 12.8. The van der Waals surface area contributed by atoms with Crippen LogP contribution in [0.4, 0.5) is 0 Å². The van der Waals surface area contributed by atoms with Gasteiger partial charge in [0.25, 0.3) is 11.5 Å². The molecule has 4 heterocycles. The van der Waals surface area contributed by atoms with Crippen LogP contribution >= 0.6 is 0 Å². The molecule has 1 saturated heterocycles. The number of carbonyl (C=O) groups excluding carboxylic acids is 2. The van der Waals surface area contributed by atoms with Crippen LogP contribution in [-0.4, -0.2) is 56.2 Å².